The minimum atomic E-state index is -0.207. The summed E-state index contributed by atoms with van der Waals surface area (Å²) in [6.45, 7) is 0. The van der Waals surface area contributed by atoms with Crippen molar-refractivity contribution in [2.24, 2.45) is 0 Å². The summed E-state index contributed by atoms with van der Waals surface area (Å²) in [7, 11) is 0. The molecule has 1 aromatic carbocycles. The van der Waals surface area contributed by atoms with Crippen LogP contribution in [0.5, 0.6) is 0 Å². The topological polar surface area (TPSA) is 68.9 Å². The van der Waals surface area contributed by atoms with Gasteiger partial charge in [-0.15, -0.1) is 0 Å². The van der Waals surface area contributed by atoms with Crippen molar-refractivity contribution in [2.45, 2.75) is 25.0 Å². The summed E-state index contributed by atoms with van der Waals surface area (Å²) in [4.78, 5) is 4.27. The Hall–Kier alpha value is -2.12. The van der Waals surface area contributed by atoms with Crippen LogP contribution in [-0.2, 0) is 0 Å². The number of aliphatic hydroxyl groups excluding tert-OH is 1. The molecule has 3 rings (SSSR count). The number of fused-ring (bicyclic) bond motifs is 1. The first-order valence-corrected chi connectivity index (χ1v) is 6.00. The number of pyridine rings is 1. The molecule has 90 valence electrons. The zero-order valence-electron chi connectivity index (χ0n) is 9.80. The Morgan fingerprint density at radius 1 is 1.33 bits per heavy atom. The van der Waals surface area contributed by atoms with Gasteiger partial charge >= 0.3 is 0 Å². The number of nitriles is 1. The third-order valence-corrected chi connectivity index (χ3v) is 3.36. The molecule has 0 bridgehead atoms. The number of rotatable bonds is 2. The van der Waals surface area contributed by atoms with Crippen LogP contribution in [0.15, 0.2) is 30.5 Å². The van der Waals surface area contributed by atoms with Gasteiger partial charge in [0.25, 0.3) is 0 Å². The number of nitrogens with zero attached hydrogens (tertiary/aromatic N) is 2. The first-order chi connectivity index (χ1) is 8.78. The minimum absolute atomic E-state index is 0.207. The van der Waals surface area contributed by atoms with E-state index in [2.05, 4.69) is 16.4 Å². The van der Waals surface area contributed by atoms with Gasteiger partial charge in [-0.05, 0) is 18.9 Å². The Bertz CT molecular complexity index is 626. The van der Waals surface area contributed by atoms with Gasteiger partial charge in [0.15, 0.2) is 0 Å². The molecule has 18 heavy (non-hydrogen) atoms. The molecule has 1 saturated carbocycles. The average molecular weight is 239 g/mol. The van der Waals surface area contributed by atoms with Crippen molar-refractivity contribution >= 4 is 16.6 Å². The van der Waals surface area contributed by atoms with E-state index in [0.29, 0.717) is 5.56 Å². The van der Waals surface area contributed by atoms with E-state index in [1.165, 1.54) is 0 Å². The second-order valence-electron chi connectivity index (χ2n) is 4.64. The molecule has 1 aromatic heterocycles. The van der Waals surface area contributed by atoms with Crippen molar-refractivity contribution in [1.29, 1.82) is 5.26 Å². The average Bonchev–Trinajstić information content (AvgIpc) is 2.37. The SMILES string of the molecule is N#Cc1cnc2ccccc2c1NC1CC(O)C1. The van der Waals surface area contributed by atoms with Crippen LogP contribution in [0.3, 0.4) is 0 Å². The summed E-state index contributed by atoms with van der Waals surface area (Å²) in [5.41, 5.74) is 2.26. The van der Waals surface area contributed by atoms with E-state index in [9.17, 15) is 5.11 Å². The molecule has 4 heteroatoms. The van der Waals surface area contributed by atoms with Gasteiger partial charge in [0.05, 0.1) is 22.9 Å². The monoisotopic (exact) mass is 239 g/mol. The van der Waals surface area contributed by atoms with E-state index in [4.69, 9.17) is 5.26 Å². The summed E-state index contributed by atoms with van der Waals surface area (Å²) in [6, 6.07) is 10.2. The Morgan fingerprint density at radius 3 is 2.83 bits per heavy atom. The van der Waals surface area contributed by atoms with Gasteiger partial charge in [-0.2, -0.15) is 5.26 Å². The highest BCUT2D eigenvalue weighted by molar-refractivity contribution is 5.94. The Kier molecular flexibility index (Phi) is 2.62. The van der Waals surface area contributed by atoms with E-state index in [0.717, 1.165) is 29.4 Å². The number of hydrogen-bond acceptors (Lipinski definition) is 4. The second-order valence-corrected chi connectivity index (χ2v) is 4.64. The van der Waals surface area contributed by atoms with Crippen LogP contribution in [0, 0.1) is 11.3 Å². The maximum absolute atomic E-state index is 9.32. The van der Waals surface area contributed by atoms with Gasteiger partial charge in [0, 0.05) is 17.6 Å². The fourth-order valence-corrected chi connectivity index (χ4v) is 2.29. The number of hydrogen-bond donors (Lipinski definition) is 2. The Morgan fingerprint density at radius 2 is 2.11 bits per heavy atom. The highest BCUT2D eigenvalue weighted by Crippen LogP contribution is 2.30. The Balaban J connectivity index is 2.04. The lowest BCUT2D eigenvalue weighted by Gasteiger charge is -2.33. The molecule has 0 saturated heterocycles. The van der Waals surface area contributed by atoms with Crippen molar-refractivity contribution < 1.29 is 5.11 Å². The van der Waals surface area contributed by atoms with Crippen molar-refractivity contribution in [3.63, 3.8) is 0 Å². The maximum Gasteiger partial charge on any atom is 0.103 e. The molecular formula is C14H13N3O. The van der Waals surface area contributed by atoms with E-state index >= 15 is 0 Å². The molecule has 0 atom stereocenters. The van der Waals surface area contributed by atoms with E-state index in [1.54, 1.807) is 6.20 Å². The summed E-state index contributed by atoms with van der Waals surface area (Å²) in [5.74, 6) is 0. The van der Waals surface area contributed by atoms with E-state index < -0.39 is 0 Å². The third-order valence-electron chi connectivity index (χ3n) is 3.36. The lowest BCUT2D eigenvalue weighted by atomic mass is 9.89. The molecule has 1 aliphatic rings. The summed E-state index contributed by atoms with van der Waals surface area (Å²) in [6.07, 6.45) is 2.86. The maximum atomic E-state index is 9.32. The van der Waals surface area contributed by atoms with Crippen LogP contribution >= 0.6 is 0 Å². The van der Waals surface area contributed by atoms with Crippen LogP contribution in [0.25, 0.3) is 10.9 Å². The number of anilines is 1. The van der Waals surface area contributed by atoms with Gasteiger partial charge in [0.2, 0.25) is 0 Å². The second kappa shape index (κ2) is 4.28. The molecular weight excluding hydrogens is 226 g/mol. The van der Waals surface area contributed by atoms with Crippen molar-refractivity contribution in [1.82, 2.24) is 4.98 Å². The smallest absolute Gasteiger partial charge is 0.103 e. The lowest BCUT2D eigenvalue weighted by Crippen LogP contribution is -2.39. The highest BCUT2D eigenvalue weighted by Gasteiger charge is 2.28. The number of aliphatic hydroxyl groups is 1. The molecule has 0 spiro atoms. The number of nitrogens with one attached hydrogen (secondary N) is 1. The molecule has 2 aromatic rings. The van der Waals surface area contributed by atoms with E-state index in [1.807, 2.05) is 24.3 Å². The van der Waals surface area contributed by atoms with Gasteiger partial charge in [-0.3, -0.25) is 4.98 Å². The predicted octanol–water partition coefficient (Wildman–Crippen LogP) is 2.04. The summed E-state index contributed by atoms with van der Waals surface area (Å²) < 4.78 is 0. The lowest BCUT2D eigenvalue weighted by molar-refractivity contribution is 0.0837. The van der Waals surface area contributed by atoms with Crippen LogP contribution in [0.2, 0.25) is 0 Å². The molecule has 4 nitrogen and oxygen atoms in total. The predicted molar refractivity (Wildman–Crippen MR) is 69.1 cm³/mol. The molecule has 1 fully saturated rings. The molecule has 0 aliphatic heterocycles. The van der Waals surface area contributed by atoms with Gasteiger partial charge in [-0.1, -0.05) is 18.2 Å². The first-order valence-electron chi connectivity index (χ1n) is 6.00. The summed E-state index contributed by atoms with van der Waals surface area (Å²) in [5, 5.41) is 22.8. The van der Waals surface area contributed by atoms with Gasteiger partial charge in [0.1, 0.15) is 6.07 Å². The molecule has 1 heterocycles. The zero-order chi connectivity index (χ0) is 12.5. The first kappa shape index (κ1) is 11.0. The molecule has 0 unspecified atom stereocenters. The zero-order valence-corrected chi connectivity index (χ0v) is 9.80. The van der Waals surface area contributed by atoms with Crippen molar-refractivity contribution in [3.05, 3.63) is 36.0 Å². The largest absolute Gasteiger partial charge is 0.393 e. The Labute approximate surface area is 105 Å². The van der Waals surface area contributed by atoms with Crippen LogP contribution in [0.4, 0.5) is 5.69 Å². The van der Waals surface area contributed by atoms with Crippen molar-refractivity contribution in [2.75, 3.05) is 5.32 Å². The molecule has 0 radical (unpaired) electrons. The molecule has 1 aliphatic carbocycles. The molecule has 2 N–H and O–H groups in total. The minimum Gasteiger partial charge on any atom is -0.393 e. The number of aromatic nitrogens is 1. The fraction of sp³-hybridized carbons (Fsp3) is 0.286. The number of para-hydroxylation sites is 1. The highest BCUT2D eigenvalue weighted by atomic mass is 16.3. The van der Waals surface area contributed by atoms with Crippen molar-refractivity contribution in [3.8, 4) is 6.07 Å². The van der Waals surface area contributed by atoms with Gasteiger partial charge in [-0.25, -0.2) is 0 Å². The van der Waals surface area contributed by atoms with Gasteiger partial charge < -0.3 is 10.4 Å². The van der Waals surface area contributed by atoms with Crippen LogP contribution in [0.1, 0.15) is 18.4 Å². The summed E-state index contributed by atoms with van der Waals surface area (Å²) >= 11 is 0. The number of benzene rings is 1. The molecule has 0 amide bonds. The normalized spacial score (nSPS) is 22.2. The standard InChI is InChI=1S/C14H13N3O/c15-7-9-8-16-13-4-2-1-3-12(13)14(9)17-10-5-11(18)6-10/h1-4,8,10-11,18H,5-6H2,(H,16,17). The quantitative estimate of drug-likeness (QED) is 0.841. The van der Waals surface area contributed by atoms with E-state index in [-0.39, 0.29) is 12.1 Å². The third kappa shape index (κ3) is 1.79. The van der Waals surface area contributed by atoms with Crippen LogP contribution in [-0.4, -0.2) is 22.2 Å². The van der Waals surface area contributed by atoms with Crippen LogP contribution < -0.4 is 5.32 Å². The fourth-order valence-electron chi connectivity index (χ4n) is 2.29.